The molecule has 1 heterocycles. The van der Waals surface area contributed by atoms with Crippen LogP contribution in [0.3, 0.4) is 0 Å². The third kappa shape index (κ3) is 4.25. The molecule has 0 atom stereocenters. The van der Waals surface area contributed by atoms with Gasteiger partial charge < -0.3 is 14.8 Å². The van der Waals surface area contributed by atoms with Crippen molar-refractivity contribution in [1.82, 2.24) is 25.5 Å². The first-order valence-electron chi connectivity index (χ1n) is 8.40. The number of para-hydroxylation sites is 1. The average molecular weight is 351 g/mol. The highest BCUT2D eigenvalue weighted by molar-refractivity contribution is 5.44. The van der Waals surface area contributed by atoms with Gasteiger partial charge in [-0.15, -0.1) is 6.58 Å². The van der Waals surface area contributed by atoms with Crippen LogP contribution in [0.1, 0.15) is 12.5 Å². The predicted octanol–water partition coefficient (Wildman–Crippen LogP) is 3.13. The van der Waals surface area contributed by atoms with Crippen LogP contribution in [0.25, 0.3) is 5.69 Å². The van der Waals surface area contributed by atoms with Gasteiger partial charge in [-0.2, -0.15) is 4.68 Å². The normalized spacial score (nSPS) is 10.5. The minimum Gasteiger partial charge on any atom is -0.490 e. The lowest BCUT2D eigenvalue weighted by Gasteiger charge is -2.13. The van der Waals surface area contributed by atoms with E-state index in [1.165, 1.54) is 4.68 Å². The predicted molar refractivity (Wildman–Crippen MR) is 98.7 cm³/mol. The Morgan fingerprint density at radius 3 is 2.77 bits per heavy atom. The first kappa shape index (κ1) is 17.6. The number of nitrogens with one attached hydrogen (secondary N) is 1. The summed E-state index contributed by atoms with van der Waals surface area (Å²) in [5.41, 5.74) is 1.90. The highest BCUT2D eigenvalue weighted by atomic mass is 16.5. The van der Waals surface area contributed by atoms with E-state index in [2.05, 4.69) is 27.4 Å². The van der Waals surface area contributed by atoms with E-state index in [9.17, 15) is 0 Å². The summed E-state index contributed by atoms with van der Waals surface area (Å²) < 4.78 is 13.2. The van der Waals surface area contributed by atoms with Gasteiger partial charge in [0.05, 0.1) is 12.3 Å². The van der Waals surface area contributed by atoms with Crippen molar-refractivity contribution < 1.29 is 9.47 Å². The van der Waals surface area contributed by atoms with Gasteiger partial charge >= 0.3 is 6.01 Å². The molecular weight excluding hydrogens is 330 g/mol. The van der Waals surface area contributed by atoms with Gasteiger partial charge in [-0.3, -0.25) is 0 Å². The fraction of sp³-hybridized carbons (Fsp3) is 0.211. The summed E-state index contributed by atoms with van der Waals surface area (Å²) >= 11 is 0. The Labute approximate surface area is 152 Å². The zero-order chi connectivity index (χ0) is 18.2. The zero-order valence-corrected chi connectivity index (χ0v) is 14.6. The molecule has 2 aromatic carbocycles. The third-order valence-electron chi connectivity index (χ3n) is 3.57. The monoisotopic (exact) mass is 351 g/mol. The van der Waals surface area contributed by atoms with Gasteiger partial charge in [-0.05, 0) is 47.2 Å². The second-order valence-corrected chi connectivity index (χ2v) is 5.44. The summed E-state index contributed by atoms with van der Waals surface area (Å²) in [4.78, 5) is 0. The topological polar surface area (TPSA) is 74.1 Å². The number of hydrogen-bond donors (Lipinski definition) is 1. The van der Waals surface area contributed by atoms with E-state index >= 15 is 0 Å². The van der Waals surface area contributed by atoms with Crippen LogP contribution in [0.2, 0.25) is 0 Å². The van der Waals surface area contributed by atoms with Crippen molar-refractivity contribution in [2.45, 2.75) is 13.5 Å². The summed E-state index contributed by atoms with van der Waals surface area (Å²) in [6.45, 7) is 7.62. The number of hydrogen-bond acceptors (Lipinski definition) is 6. The summed E-state index contributed by atoms with van der Waals surface area (Å²) in [6.07, 6.45) is 1.82. The number of ether oxygens (including phenoxy) is 2. The fourth-order valence-electron chi connectivity index (χ4n) is 2.41. The molecule has 0 spiro atoms. The minimum atomic E-state index is 0.273. The largest absolute Gasteiger partial charge is 0.490 e. The Morgan fingerprint density at radius 2 is 2.00 bits per heavy atom. The van der Waals surface area contributed by atoms with Crippen molar-refractivity contribution in [3.63, 3.8) is 0 Å². The van der Waals surface area contributed by atoms with Crippen molar-refractivity contribution in [2.24, 2.45) is 0 Å². The van der Waals surface area contributed by atoms with Crippen LogP contribution in [0.5, 0.6) is 17.5 Å². The molecule has 0 radical (unpaired) electrons. The molecule has 0 aliphatic carbocycles. The van der Waals surface area contributed by atoms with Crippen LogP contribution >= 0.6 is 0 Å². The van der Waals surface area contributed by atoms with E-state index in [0.29, 0.717) is 24.7 Å². The lowest BCUT2D eigenvalue weighted by molar-refractivity contribution is 0.315. The molecule has 0 saturated carbocycles. The molecule has 1 N–H and O–H groups in total. The Balaban J connectivity index is 1.83. The Kier molecular flexibility index (Phi) is 5.95. The van der Waals surface area contributed by atoms with Gasteiger partial charge in [-0.25, -0.2) is 0 Å². The zero-order valence-electron chi connectivity index (χ0n) is 14.6. The van der Waals surface area contributed by atoms with Gasteiger partial charge in [0.25, 0.3) is 0 Å². The molecule has 0 fully saturated rings. The van der Waals surface area contributed by atoms with Crippen molar-refractivity contribution in [3.05, 3.63) is 66.7 Å². The highest BCUT2D eigenvalue weighted by Crippen LogP contribution is 2.32. The Bertz CT molecular complexity index is 848. The summed E-state index contributed by atoms with van der Waals surface area (Å²) in [5, 5.41) is 14.9. The lowest BCUT2D eigenvalue weighted by Crippen LogP contribution is -2.12. The molecule has 0 aliphatic heterocycles. The maximum atomic E-state index is 5.93. The second kappa shape index (κ2) is 8.77. The maximum Gasteiger partial charge on any atom is 0.346 e. The number of tetrazole rings is 1. The molecule has 26 heavy (non-hydrogen) atoms. The van der Waals surface area contributed by atoms with Crippen molar-refractivity contribution in [2.75, 3.05) is 13.2 Å². The molecule has 3 rings (SSSR count). The number of rotatable bonds is 9. The molecule has 7 heteroatoms. The first-order valence-corrected chi connectivity index (χ1v) is 8.40. The molecule has 0 saturated heterocycles. The number of benzene rings is 2. The van der Waals surface area contributed by atoms with E-state index in [-0.39, 0.29) is 6.01 Å². The number of aromatic nitrogens is 4. The van der Waals surface area contributed by atoms with Gasteiger partial charge in [-0.1, -0.05) is 35.4 Å². The Hall–Kier alpha value is -3.19. The average Bonchev–Trinajstić information content (AvgIpc) is 3.13. The summed E-state index contributed by atoms with van der Waals surface area (Å²) in [7, 11) is 0. The van der Waals surface area contributed by atoms with E-state index in [1.54, 1.807) is 0 Å². The van der Waals surface area contributed by atoms with Crippen LogP contribution in [-0.4, -0.2) is 33.4 Å². The molecule has 134 valence electrons. The van der Waals surface area contributed by atoms with Gasteiger partial charge in [0.2, 0.25) is 0 Å². The van der Waals surface area contributed by atoms with Crippen LogP contribution in [0, 0.1) is 0 Å². The standard InChI is InChI=1S/C19H21N5O2/c1-3-12-20-14-15-10-11-17(18(13-15)25-4-2)26-19-21-22-23-24(19)16-8-6-5-7-9-16/h3,5-11,13,20H,1,4,12,14H2,2H3. The fourth-order valence-corrected chi connectivity index (χ4v) is 2.41. The van der Waals surface area contributed by atoms with Crippen LogP contribution < -0.4 is 14.8 Å². The van der Waals surface area contributed by atoms with Crippen molar-refractivity contribution in [3.8, 4) is 23.2 Å². The van der Waals surface area contributed by atoms with E-state index < -0.39 is 0 Å². The molecule has 1 aromatic heterocycles. The maximum absolute atomic E-state index is 5.93. The van der Waals surface area contributed by atoms with E-state index in [0.717, 1.165) is 17.8 Å². The highest BCUT2D eigenvalue weighted by Gasteiger charge is 2.14. The minimum absolute atomic E-state index is 0.273. The summed E-state index contributed by atoms with van der Waals surface area (Å²) in [5.74, 6) is 1.21. The molecule has 0 aliphatic rings. The van der Waals surface area contributed by atoms with Crippen LogP contribution in [-0.2, 0) is 6.54 Å². The summed E-state index contributed by atoms with van der Waals surface area (Å²) in [6, 6.07) is 15.6. The first-order chi connectivity index (χ1) is 12.8. The van der Waals surface area contributed by atoms with E-state index in [1.807, 2.05) is 61.5 Å². The second-order valence-electron chi connectivity index (χ2n) is 5.44. The SMILES string of the molecule is C=CCNCc1ccc(Oc2nnnn2-c2ccccc2)c(OCC)c1. The molecular formula is C19H21N5O2. The molecule has 3 aromatic rings. The van der Waals surface area contributed by atoms with Crippen molar-refractivity contribution in [1.29, 1.82) is 0 Å². The lowest BCUT2D eigenvalue weighted by atomic mass is 10.2. The van der Waals surface area contributed by atoms with E-state index in [4.69, 9.17) is 9.47 Å². The smallest absolute Gasteiger partial charge is 0.346 e. The molecule has 7 nitrogen and oxygen atoms in total. The van der Waals surface area contributed by atoms with Gasteiger partial charge in [0.1, 0.15) is 0 Å². The van der Waals surface area contributed by atoms with Crippen LogP contribution in [0.4, 0.5) is 0 Å². The quantitative estimate of drug-likeness (QED) is 0.472. The van der Waals surface area contributed by atoms with Gasteiger partial charge in [0.15, 0.2) is 11.5 Å². The van der Waals surface area contributed by atoms with Crippen LogP contribution in [0.15, 0.2) is 61.2 Å². The van der Waals surface area contributed by atoms with Crippen molar-refractivity contribution >= 4 is 0 Å². The molecule has 0 bridgehead atoms. The molecule has 0 amide bonds. The molecule has 0 unspecified atom stereocenters. The Morgan fingerprint density at radius 1 is 1.15 bits per heavy atom. The third-order valence-corrected chi connectivity index (χ3v) is 3.57. The van der Waals surface area contributed by atoms with Gasteiger partial charge in [0, 0.05) is 13.1 Å². The number of nitrogens with zero attached hydrogens (tertiary/aromatic N) is 4.